The van der Waals surface area contributed by atoms with Crippen molar-refractivity contribution in [2.75, 3.05) is 14.1 Å². The Morgan fingerprint density at radius 1 is 1.12 bits per heavy atom. The predicted octanol–water partition coefficient (Wildman–Crippen LogP) is 2.95. The average molecular weight is 212 g/mol. The minimum atomic E-state index is 0.879. The molecular formula is C14H16N2. The first-order valence-electron chi connectivity index (χ1n) is 5.43. The van der Waals surface area contributed by atoms with Crippen LogP contribution in [0.25, 0.3) is 5.57 Å². The fourth-order valence-electron chi connectivity index (χ4n) is 1.67. The minimum Gasteiger partial charge on any atom is -0.366 e. The molecule has 1 aliphatic heterocycles. The lowest BCUT2D eigenvalue weighted by Crippen LogP contribution is -2.20. The Morgan fingerprint density at radius 3 is 2.56 bits per heavy atom. The molecule has 0 saturated heterocycles. The van der Waals surface area contributed by atoms with E-state index in [0.29, 0.717) is 0 Å². The average Bonchev–Trinajstić information content (AvgIpc) is 2.55. The predicted molar refractivity (Wildman–Crippen MR) is 69.3 cm³/mol. The molecule has 0 aliphatic carbocycles. The molecule has 0 spiro atoms. The van der Waals surface area contributed by atoms with Gasteiger partial charge in [0.05, 0.1) is 0 Å². The van der Waals surface area contributed by atoms with Crippen molar-refractivity contribution in [1.82, 2.24) is 4.90 Å². The second-order valence-electron chi connectivity index (χ2n) is 3.99. The Labute approximate surface area is 96.6 Å². The summed E-state index contributed by atoms with van der Waals surface area (Å²) >= 11 is 0. The van der Waals surface area contributed by atoms with Crippen molar-refractivity contribution in [2.45, 2.75) is 6.42 Å². The zero-order valence-corrected chi connectivity index (χ0v) is 9.72. The minimum absolute atomic E-state index is 0.879. The van der Waals surface area contributed by atoms with Crippen molar-refractivity contribution < 1.29 is 0 Å². The maximum atomic E-state index is 4.41. The van der Waals surface area contributed by atoms with E-state index in [1.807, 2.05) is 26.4 Å². The van der Waals surface area contributed by atoms with Crippen molar-refractivity contribution in [3.05, 3.63) is 54.2 Å². The second kappa shape index (κ2) is 4.79. The summed E-state index contributed by atoms with van der Waals surface area (Å²) in [6.07, 6.45) is 7.04. The summed E-state index contributed by atoms with van der Waals surface area (Å²) < 4.78 is 0. The van der Waals surface area contributed by atoms with E-state index >= 15 is 0 Å². The van der Waals surface area contributed by atoms with Crippen LogP contribution in [0, 0.1) is 0 Å². The van der Waals surface area contributed by atoms with Crippen LogP contribution in [0.3, 0.4) is 0 Å². The van der Waals surface area contributed by atoms with Gasteiger partial charge in [-0.3, -0.25) is 0 Å². The molecule has 0 atom stereocenters. The third-order valence-corrected chi connectivity index (χ3v) is 2.61. The van der Waals surface area contributed by atoms with Crippen LogP contribution in [0.5, 0.6) is 0 Å². The van der Waals surface area contributed by atoms with Gasteiger partial charge in [-0.05, 0) is 17.2 Å². The molecule has 82 valence electrons. The summed E-state index contributed by atoms with van der Waals surface area (Å²) in [5, 5.41) is 0. The van der Waals surface area contributed by atoms with Gasteiger partial charge in [-0.15, -0.1) is 0 Å². The van der Waals surface area contributed by atoms with Crippen LogP contribution in [0.15, 0.2) is 53.7 Å². The molecule has 1 heterocycles. The molecule has 16 heavy (non-hydrogen) atoms. The lowest BCUT2D eigenvalue weighted by atomic mass is 10.1. The van der Waals surface area contributed by atoms with Crippen molar-refractivity contribution in [1.29, 1.82) is 0 Å². The Balaban J connectivity index is 2.23. The van der Waals surface area contributed by atoms with Gasteiger partial charge in [0.1, 0.15) is 5.84 Å². The first-order valence-corrected chi connectivity index (χ1v) is 5.43. The van der Waals surface area contributed by atoms with Crippen LogP contribution in [0.2, 0.25) is 0 Å². The molecule has 0 bridgehead atoms. The highest BCUT2D eigenvalue weighted by molar-refractivity contribution is 5.88. The zero-order chi connectivity index (χ0) is 11.4. The molecule has 0 saturated carbocycles. The number of hydrogen-bond acceptors (Lipinski definition) is 2. The summed E-state index contributed by atoms with van der Waals surface area (Å²) in [6, 6.07) is 10.4. The molecule has 0 fully saturated rings. The number of hydrogen-bond donors (Lipinski definition) is 0. The summed E-state index contributed by atoms with van der Waals surface area (Å²) in [5.41, 5.74) is 2.48. The number of benzene rings is 1. The van der Waals surface area contributed by atoms with E-state index in [2.05, 4.69) is 46.3 Å². The molecule has 0 amide bonds. The standard InChI is InChI=1S/C14H16N2/c1-16(2)14-9-8-13(10-11-15-14)12-6-4-3-5-7-12/h3-8,10-11H,9H2,1-2H3. The van der Waals surface area contributed by atoms with Gasteiger partial charge in [0.2, 0.25) is 0 Å². The van der Waals surface area contributed by atoms with Crippen LogP contribution >= 0.6 is 0 Å². The van der Waals surface area contributed by atoms with Crippen molar-refractivity contribution >= 4 is 11.4 Å². The number of amidine groups is 1. The zero-order valence-electron chi connectivity index (χ0n) is 9.72. The SMILES string of the molecule is CN(C)C1=NC=CC(c2ccccc2)=CC1. The molecule has 1 aliphatic rings. The third kappa shape index (κ3) is 2.40. The van der Waals surface area contributed by atoms with Crippen molar-refractivity contribution in [2.24, 2.45) is 4.99 Å². The number of nitrogens with zero attached hydrogens (tertiary/aromatic N) is 2. The van der Waals surface area contributed by atoms with E-state index in [4.69, 9.17) is 0 Å². The highest BCUT2D eigenvalue weighted by Gasteiger charge is 2.04. The Kier molecular flexibility index (Phi) is 3.20. The summed E-state index contributed by atoms with van der Waals surface area (Å²) in [7, 11) is 4.04. The van der Waals surface area contributed by atoms with Gasteiger partial charge >= 0.3 is 0 Å². The van der Waals surface area contributed by atoms with Crippen molar-refractivity contribution in [3.63, 3.8) is 0 Å². The molecule has 1 aromatic rings. The smallest absolute Gasteiger partial charge is 0.107 e. The third-order valence-electron chi connectivity index (χ3n) is 2.61. The molecule has 0 unspecified atom stereocenters. The van der Waals surface area contributed by atoms with Gasteiger partial charge < -0.3 is 4.90 Å². The van der Waals surface area contributed by atoms with E-state index in [1.165, 1.54) is 11.1 Å². The topological polar surface area (TPSA) is 15.6 Å². The van der Waals surface area contributed by atoms with Gasteiger partial charge in [0.15, 0.2) is 0 Å². The van der Waals surface area contributed by atoms with E-state index < -0.39 is 0 Å². The fraction of sp³-hybridized carbons (Fsp3) is 0.214. The molecular weight excluding hydrogens is 196 g/mol. The number of rotatable bonds is 1. The lowest BCUT2D eigenvalue weighted by Gasteiger charge is -2.12. The number of allylic oxidation sites excluding steroid dienone is 2. The normalized spacial score (nSPS) is 15.1. The molecule has 0 radical (unpaired) electrons. The first-order chi connectivity index (χ1) is 7.77. The number of aliphatic imine (C=N–C) groups is 1. The van der Waals surface area contributed by atoms with Crippen LogP contribution in [0.4, 0.5) is 0 Å². The Hall–Kier alpha value is -1.83. The van der Waals surface area contributed by atoms with Gasteiger partial charge in [0, 0.05) is 26.7 Å². The molecule has 1 aromatic carbocycles. The van der Waals surface area contributed by atoms with Gasteiger partial charge in [-0.1, -0.05) is 36.4 Å². The van der Waals surface area contributed by atoms with Crippen LogP contribution < -0.4 is 0 Å². The first kappa shape index (κ1) is 10.7. The summed E-state index contributed by atoms with van der Waals surface area (Å²) in [6.45, 7) is 0. The highest BCUT2D eigenvalue weighted by Crippen LogP contribution is 2.18. The molecule has 2 nitrogen and oxygen atoms in total. The lowest BCUT2D eigenvalue weighted by molar-refractivity contribution is 0.612. The Bertz CT molecular complexity index is 439. The van der Waals surface area contributed by atoms with Gasteiger partial charge in [0.25, 0.3) is 0 Å². The Morgan fingerprint density at radius 2 is 1.88 bits per heavy atom. The highest BCUT2D eigenvalue weighted by atomic mass is 15.1. The van der Waals surface area contributed by atoms with Crippen LogP contribution in [0.1, 0.15) is 12.0 Å². The van der Waals surface area contributed by atoms with Gasteiger partial charge in [-0.25, -0.2) is 4.99 Å². The van der Waals surface area contributed by atoms with E-state index in [0.717, 1.165) is 12.3 Å². The van der Waals surface area contributed by atoms with Crippen molar-refractivity contribution in [3.8, 4) is 0 Å². The van der Waals surface area contributed by atoms with Gasteiger partial charge in [-0.2, -0.15) is 0 Å². The quantitative estimate of drug-likeness (QED) is 0.698. The monoisotopic (exact) mass is 212 g/mol. The van der Waals surface area contributed by atoms with Crippen LogP contribution in [-0.4, -0.2) is 24.8 Å². The maximum Gasteiger partial charge on any atom is 0.107 e. The molecule has 2 heteroatoms. The van der Waals surface area contributed by atoms with E-state index in [-0.39, 0.29) is 0 Å². The van der Waals surface area contributed by atoms with E-state index in [1.54, 1.807) is 0 Å². The largest absolute Gasteiger partial charge is 0.366 e. The molecule has 2 rings (SSSR count). The van der Waals surface area contributed by atoms with E-state index in [9.17, 15) is 0 Å². The molecule has 0 aromatic heterocycles. The van der Waals surface area contributed by atoms with Crippen LogP contribution in [-0.2, 0) is 0 Å². The summed E-state index contributed by atoms with van der Waals surface area (Å²) in [5.74, 6) is 1.09. The molecule has 0 N–H and O–H groups in total. The maximum absolute atomic E-state index is 4.41. The summed E-state index contributed by atoms with van der Waals surface area (Å²) in [4.78, 5) is 6.46. The fourth-order valence-corrected chi connectivity index (χ4v) is 1.67. The second-order valence-corrected chi connectivity index (χ2v) is 3.99.